The number of sulfonamides is 1. The minimum atomic E-state index is -4.37. The number of ether oxygens (including phenoxy) is 1. The van der Waals surface area contributed by atoms with Gasteiger partial charge >= 0.3 is 0 Å². The first-order valence-corrected chi connectivity index (χ1v) is 13.8. The summed E-state index contributed by atoms with van der Waals surface area (Å²) in [4.78, 5) is 12.0. The number of benzene rings is 3. The van der Waals surface area contributed by atoms with Crippen LogP contribution in [-0.2, 0) is 34.3 Å². The minimum Gasteiger partial charge on any atom is -0.491 e. The molecule has 2 heterocycles. The Kier molecular flexibility index (Phi) is 7.82. The van der Waals surface area contributed by atoms with Crippen molar-refractivity contribution in [3.05, 3.63) is 102 Å². The van der Waals surface area contributed by atoms with Gasteiger partial charge in [-0.1, -0.05) is 29.5 Å². The van der Waals surface area contributed by atoms with Gasteiger partial charge in [-0.15, -0.1) is 5.10 Å². The number of carbonyl (C=O) groups excluding carboxylic acids is 1. The zero-order valence-corrected chi connectivity index (χ0v) is 21.9. The zero-order valence-electron chi connectivity index (χ0n) is 21.1. The Balaban J connectivity index is 1.27. The van der Waals surface area contributed by atoms with Crippen LogP contribution in [0.4, 0.5) is 8.78 Å². The van der Waals surface area contributed by atoms with Crippen molar-refractivity contribution in [1.82, 2.24) is 29.5 Å². The van der Waals surface area contributed by atoms with Crippen molar-refractivity contribution < 1.29 is 26.7 Å². The quantitative estimate of drug-likeness (QED) is 0.260. The summed E-state index contributed by atoms with van der Waals surface area (Å²) < 4.78 is 63.1. The van der Waals surface area contributed by atoms with E-state index in [4.69, 9.17) is 4.74 Å². The molecule has 2 aromatic heterocycles. The second-order valence-electron chi connectivity index (χ2n) is 8.90. The highest BCUT2D eigenvalue weighted by molar-refractivity contribution is 7.90. The normalized spacial score (nSPS) is 11.6. The number of rotatable bonds is 11. The van der Waals surface area contributed by atoms with E-state index in [-0.39, 0.29) is 19.4 Å². The van der Waals surface area contributed by atoms with E-state index in [0.29, 0.717) is 36.5 Å². The monoisotopic (exact) mass is 566 g/mol. The molecule has 0 aliphatic carbocycles. The van der Waals surface area contributed by atoms with E-state index in [1.165, 1.54) is 0 Å². The Morgan fingerprint density at radius 1 is 1.00 bits per heavy atom. The maximum absolute atomic E-state index is 13.5. The molecule has 0 saturated heterocycles. The average molecular weight is 567 g/mol. The molecule has 13 heteroatoms. The number of nitrogens with zero attached hydrogens (tertiary/aromatic N) is 5. The van der Waals surface area contributed by atoms with Crippen molar-refractivity contribution >= 4 is 27.0 Å². The van der Waals surface area contributed by atoms with Gasteiger partial charge in [-0.25, -0.2) is 26.6 Å². The summed E-state index contributed by atoms with van der Waals surface area (Å²) in [6.45, 7) is 1.20. The second kappa shape index (κ2) is 11.6. The Morgan fingerprint density at radius 3 is 2.65 bits per heavy atom. The smallest absolute Gasteiger partial charge is 0.264 e. The number of amides is 1. The fourth-order valence-electron chi connectivity index (χ4n) is 4.10. The zero-order chi connectivity index (χ0) is 28.1. The molecule has 0 aliphatic rings. The highest BCUT2D eigenvalue weighted by Gasteiger charge is 2.20. The molecule has 0 saturated carbocycles. The molecule has 0 aliphatic heterocycles. The Bertz CT molecular complexity index is 1760. The number of fused-ring (bicyclic) bond motifs is 1. The SMILES string of the molecule is O=C(CCc1ccc(Cn2cccn2)cc1OCCn1nnc2ccccc21)NS(=O)(=O)c1ccc(F)c(F)c1. The number of para-hydroxylation sites is 1. The van der Waals surface area contributed by atoms with Gasteiger partial charge in [-0.05, 0) is 60.0 Å². The molecule has 0 spiro atoms. The summed E-state index contributed by atoms with van der Waals surface area (Å²) in [5, 5.41) is 12.5. The first-order chi connectivity index (χ1) is 19.3. The van der Waals surface area contributed by atoms with E-state index in [0.717, 1.165) is 22.7 Å². The molecular formula is C27H24F2N6O4S. The van der Waals surface area contributed by atoms with Crippen molar-refractivity contribution in [1.29, 1.82) is 0 Å². The van der Waals surface area contributed by atoms with Gasteiger partial charge in [0.1, 0.15) is 17.9 Å². The highest BCUT2D eigenvalue weighted by Crippen LogP contribution is 2.24. The van der Waals surface area contributed by atoms with Gasteiger partial charge in [0.25, 0.3) is 10.0 Å². The first-order valence-electron chi connectivity index (χ1n) is 12.3. The minimum absolute atomic E-state index is 0.169. The van der Waals surface area contributed by atoms with Gasteiger partial charge < -0.3 is 4.74 Å². The van der Waals surface area contributed by atoms with Crippen LogP contribution in [0.25, 0.3) is 11.0 Å². The molecule has 5 rings (SSSR count). The van der Waals surface area contributed by atoms with Crippen LogP contribution in [-0.4, -0.2) is 45.7 Å². The summed E-state index contributed by atoms with van der Waals surface area (Å²) in [6.07, 6.45) is 3.50. The van der Waals surface area contributed by atoms with Gasteiger partial charge in [-0.3, -0.25) is 9.48 Å². The lowest BCUT2D eigenvalue weighted by molar-refractivity contribution is -0.119. The van der Waals surface area contributed by atoms with Gasteiger partial charge in [-0.2, -0.15) is 5.10 Å². The number of halogens is 2. The van der Waals surface area contributed by atoms with E-state index >= 15 is 0 Å². The molecule has 0 radical (unpaired) electrons. The molecule has 1 N–H and O–H groups in total. The summed E-state index contributed by atoms with van der Waals surface area (Å²) in [6, 6.07) is 17.0. The molecule has 40 heavy (non-hydrogen) atoms. The van der Waals surface area contributed by atoms with Gasteiger partial charge in [0.2, 0.25) is 5.91 Å². The van der Waals surface area contributed by atoms with Crippen LogP contribution in [0.3, 0.4) is 0 Å². The second-order valence-corrected chi connectivity index (χ2v) is 10.6. The third-order valence-electron chi connectivity index (χ3n) is 6.09. The number of aromatic nitrogens is 5. The topological polar surface area (TPSA) is 121 Å². The highest BCUT2D eigenvalue weighted by atomic mass is 32.2. The molecule has 206 valence electrons. The van der Waals surface area contributed by atoms with E-state index in [9.17, 15) is 22.0 Å². The van der Waals surface area contributed by atoms with Gasteiger partial charge in [0, 0.05) is 18.8 Å². The molecule has 10 nitrogen and oxygen atoms in total. The van der Waals surface area contributed by atoms with Crippen LogP contribution in [0.2, 0.25) is 0 Å². The lowest BCUT2D eigenvalue weighted by Gasteiger charge is -2.14. The molecule has 0 unspecified atom stereocenters. The Hall–Kier alpha value is -4.65. The lowest BCUT2D eigenvalue weighted by atomic mass is 10.1. The lowest BCUT2D eigenvalue weighted by Crippen LogP contribution is -2.30. The van der Waals surface area contributed by atoms with Gasteiger partial charge in [0.15, 0.2) is 11.6 Å². The maximum Gasteiger partial charge on any atom is 0.264 e. The number of hydrogen-bond donors (Lipinski definition) is 1. The molecule has 5 aromatic rings. The van der Waals surface area contributed by atoms with Crippen LogP contribution >= 0.6 is 0 Å². The summed E-state index contributed by atoms with van der Waals surface area (Å²) in [5.41, 5.74) is 3.25. The van der Waals surface area contributed by atoms with E-state index in [2.05, 4.69) is 15.4 Å². The van der Waals surface area contributed by atoms with Crippen molar-refractivity contribution in [3.63, 3.8) is 0 Å². The Morgan fingerprint density at radius 2 is 1.85 bits per heavy atom. The van der Waals surface area contributed by atoms with E-state index in [1.807, 2.05) is 59.4 Å². The largest absolute Gasteiger partial charge is 0.491 e. The molecular weight excluding hydrogens is 542 g/mol. The van der Waals surface area contributed by atoms with Crippen LogP contribution in [0, 0.1) is 11.6 Å². The fraction of sp³-hybridized carbons (Fsp3) is 0.185. The van der Waals surface area contributed by atoms with Crippen LogP contribution in [0.15, 0.2) is 84.0 Å². The first kappa shape index (κ1) is 26.9. The predicted molar refractivity (Wildman–Crippen MR) is 141 cm³/mol. The summed E-state index contributed by atoms with van der Waals surface area (Å²) in [5.74, 6) is -2.78. The summed E-state index contributed by atoms with van der Waals surface area (Å²) >= 11 is 0. The van der Waals surface area contributed by atoms with Crippen molar-refractivity contribution in [3.8, 4) is 5.75 Å². The predicted octanol–water partition coefficient (Wildman–Crippen LogP) is 3.47. The molecule has 0 fully saturated rings. The number of hydrogen-bond acceptors (Lipinski definition) is 7. The molecule has 0 bridgehead atoms. The fourth-order valence-corrected chi connectivity index (χ4v) is 5.12. The van der Waals surface area contributed by atoms with Crippen LogP contribution in [0.1, 0.15) is 17.5 Å². The molecule has 3 aromatic carbocycles. The van der Waals surface area contributed by atoms with Crippen LogP contribution < -0.4 is 9.46 Å². The third kappa shape index (κ3) is 6.31. The maximum atomic E-state index is 13.5. The van der Waals surface area contributed by atoms with Crippen molar-refractivity contribution in [2.24, 2.45) is 0 Å². The Labute approximate surface area is 228 Å². The molecule has 0 atom stereocenters. The van der Waals surface area contributed by atoms with Crippen molar-refractivity contribution in [2.75, 3.05) is 6.61 Å². The number of carbonyl (C=O) groups is 1. The molecule has 1 amide bonds. The summed E-state index contributed by atoms with van der Waals surface area (Å²) in [7, 11) is -4.37. The number of aryl methyl sites for hydroxylation is 1. The number of nitrogens with one attached hydrogen (secondary N) is 1. The standard InChI is InChI=1S/C27H24F2N6O4S/c28-22-10-9-21(17-23(22)29)40(37,38)32-27(36)11-8-20-7-6-19(18-34-13-3-12-30-34)16-26(20)39-15-14-35-25-5-2-1-4-24(25)31-33-35/h1-7,9-10,12-13,16-17H,8,11,14-15,18H2,(H,32,36). The van der Waals surface area contributed by atoms with Gasteiger partial charge in [0.05, 0.1) is 23.5 Å². The van der Waals surface area contributed by atoms with E-state index in [1.54, 1.807) is 15.6 Å². The van der Waals surface area contributed by atoms with Crippen LogP contribution in [0.5, 0.6) is 5.75 Å². The average Bonchev–Trinajstić information content (AvgIpc) is 3.59. The van der Waals surface area contributed by atoms with E-state index < -0.39 is 32.5 Å². The third-order valence-corrected chi connectivity index (χ3v) is 7.46. The van der Waals surface area contributed by atoms with Crippen molar-refractivity contribution in [2.45, 2.75) is 30.8 Å².